The topological polar surface area (TPSA) is 81.6 Å². The number of hydrogen-bond acceptors (Lipinski definition) is 4. The molecule has 0 spiro atoms. The van der Waals surface area contributed by atoms with E-state index in [0.717, 1.165) is 25.3 Å². The van der Waals surface area contributed by atoms with E-state index in [4.69, 9.17) is 11.6 Å². The number of carbonyl (C=O) groups excluding carboxylic acids is 1. The summed E-state index contributed by atoms with van der Waals surface area (Å²) >= 11 is 6.24. The van der Waals surface area contributed by atoms with Gasteiger partial charge in [-0.25, -0.2) is 14.4 Å². The first-order valence-electron chi connectivity index (χ1n) is 9.51. The molecule has 1 aromatic heterocycles. The van der Waals surface area contributed by atoms with E-state index in [1.165, 1.54) is 24.3 Å². The average Bonchev–Trinajstić information content (AvgIpc) is 3.17. The lowest BCUT2D eigenvalue weighted by Gasteiger charge is -2.20. The molecule has 1 atom stereocenters. The van der Waals surface area contributed by atoms with Crippen LogP contribution < -0.4 is 20.9 Å². The highest BCUT2D eigenvalue weighted by Crippen LogP contribution is 2.25. The lowest BCUT2D eigenvalue weighted by Crippen LogP contribution is -2.45. The maximum atomic E-state index is 12.9. The highest BCUT2D eigenvalue weighted by molar-refractivity contribution is 14.0. The van der Waals surface area contributed by atoms with Crippen molar-refractivity contribution in [2.45, 2.75) is 19.4 Å². The van der Waals surface area contributed by atoms with Crippen molar-refractivity contribution in [2.75, 3.05) is 36.4 Å². The summed E-state index contributed by atoms with van der Waals surface area (Å²) in [5.41, 5.74) is 0.531. The molecule has 1 aliphatic rings. The standard InChI is InChI=1S/C20H24ClFN6O.HI/c1-2-23-20(25-12-18(29)26-15-7-5-14(22)6-8-15)27-16-9-11-28(13-16)19-17(21)4-3-10-24-19;/h3-8,10,16H,2,9,11-13H2,1H3,(H,26,29)(H2,23,25,27);1H. The van der Waals surface area contributed by atoms with Crippen LogP contribution in [0.25, 0.3) is 0 Å². The second kappa shape index (κ2) is 11.9. The number of halogens is 3. The van der Waals surface area contributed by atoms with Gasteiger partial charge in [0, 0.05) is 37.6 Å². The number of anilines is 2. The lowest BCUT2D eigenvalue weighted by molar-refractivity contribution is -0.114. The second-order valence-electron chi connectivity index (χ2n) is 6.64. The zero-order valence-corrected chi connectivity index (χ0v) is 19.7. The minimum atomic E-state index is -0.350. The number of benzene rings is 1. The summed E-state index contributed by atoms with van der Waals surface area (Å²) in [7, 11) is 0. The third-order valence-electron chi connectivity index (χ3n) is 4.42. The number of aromatic nitrogens is 1. The summed E-state index contributed by atoms with van der Waals surface area (Å²) in [4.78, 5) is 23.0. The van der Waals surface area contributed by atoms with Crippen LogP contribution in [0.1, 0.15) is 13.3 Å². The molecule has 1 saturated heterocycles. The monoisotopic (exact) mass is 546 g/mol. The van der Waals surface area contributed by atoms with E-state index in [1.807, 2.05) is 19.1 Å². The number of rotatable bonds is 6. The van der Waals surface area contributed by atoms with Crippen LogP contribution in [-0.4, -0.2) is 49.1 Å². The van der Waals surface area contributed by atoms with Gasteiger partial charge in [0.25, 0.3) is 0 Å². The van der Waals surface area contributed by atoms with Crippen LogP contribution in [0.5, 0.6) is 0 Å². The van der Waals surface area contributed by atoms with E-state index < -0.39 is 0 Å². The summed E-state index contributed by atoms with van der Waals surface area (Å²) in [5, 5.41) is 9.84. The van der Waals surface area contributed by atoms with Crippen molar-refractivity contribution in [3.63, 3.8) is 0 Å². The molecular weight excluding hydrogens is 522 g/mol. The Balaban J connectivity index is 0.00000320. The molecule has 3 rings (SSSR count). The van der Waals surface area contributed by atoms with Crippen LogP contribution in [0.3, 0.4) is 0 Å². The third-order valence-corrected chi connectivity index (χ3v) is 4.72. The third kappa shape index (κ3) is 6.98. The van der Waals surface area contributed by atoms with Crippen molar-refractivity contribution in [2.24, 2.45) is 4.99 Å². The fraction of sp³-hybridized carbons (Fsp3) is 0.350. The average molecular weight is 547 g/mol. The largest absolute Gasteiger partial charge is 0.357 e. The van der Waals surface area contributed by atoms with Crippen LogP contribution in [-0.2, 0) is 4.79 Å². The van der Waals surface area contributed by atoms with Crippen molar-refractivity contribution in [3.8, 4) is 0 Å². The molecule has 0 aliphatic carbocycles. The Hall–Kier alpha value is -2.14. The summed E-state index contributed by atoms with van der Waals surface area (Å²) in [6.45, 7) is 4.16. The fourth-order valence-electron chi connectivity index (χ4n) is 3.08. The van der Waals surface area contributed by atoms with Crippen molar-refractivity contribution in [1.29, 1.82) is 0 Å². The Labute approximate surface area is 197 Å². The summed E-state index contributed by atoms with van der Waals surface area (Å²) in [6, 6.07) is 9.41. The highest BCUT2D eigenvalue weighted by Gasteiger charge is 2.25. The summed E-state index contributed by atoms with van der Waals surface area (Å²) < 4.78 is 12.9. The van der Waals surface area contributed by atoms with Crippen molar-refractivity contribution < 1.29 is 9.18 Å². The molecule has 1 aromatic carbocycles. The van der Waals surface area contributed by atoms with Gasteiger partial charge in [-0.15, -0.1) is 24.0 Å². The molecule has 0 saturated carbocycles. The molecule has 3 N–H and O–H groups in total. The number of guanidine groups is 1. The number of aliphatic imine (C=N–C) groups is 1. The number of carbonyl (C=O) groups is 1. The van der Waals surface area contributed by atoms with Gasteiger partial charge in [-0.05, 0) is 49.7 Å². The van der Waals surface area contributed by atoms with Crippen LogP contribution >= 0.6 is 35.6 Å². The summed E-state index contributed by atoms with van der Waals surface area (Å²) in [6.07, 6.45) is 2.63. The van der Waals surface area contributed by atoms with Gasteiger partial charge in [-0.3, -0.25) is 4.79 Å². The minimum absolute atomic E-state index is 0. The Kier molecular flexibility index (Phi) is 9.57. The normalized spacial score (nSPS) is 16.0. The fourth-order valence-corrected chi connectivity index (χ4v) is 3.32. The molecule has 1 unspecified atom stereocenters. The van der Waals surface area contributed by atoms with Crippen LogP contribution in [0.15, 0.2) is 47.6 Å². The van der Waals surface area contributed by atoms with Gasteiger partial charge in [-0.1, -0.05) is 11.6 Å². The molecular formula is C20H25ClFIN6O. The summed E-state index contributed by atoms with van der Waals surface area (Å²) in [5.74, 6) is 0.721. The van der Waals surface area contributed by atoms with Gasteiger partial charge in [0.1, 0.15) is 18.2 Å². The number of nitrogens with zero attached hydrogens (tertiary/aromatic N) is 3. The van der Waals surface area contributed by atoms with Crippen molar-refractivity contribution in [1.82, 2.24) is 15.6 Å². The van der Waals surface area contributed by atoms with E-state index in [2.05, 4.69) is 30.8 Å². The molecule has 2 aromatic rings. The van der Waals surface area contributed by atoms with E-state index in [-0.39, 0.29) is 48.3 Å². The van der Waals surface area contributed by atoms with Crippen molar-refractivity contribution >= 4 is 58.9 Å². The molecule has 162 valence electrons. The molecule has 30 heavy (non-hydrogen) atoms. The first kappa shape index (κ1) is 24.1. The van der Waals surface area contributed by atoms with Crippen LogP contribution in [0.4, 0.5) is 15.9 Å². The molecule has 10 heteroatoms. The molecule has 1 amide bonds. The minimum Gasteiger partial charge on any atom is -0.357 e. The lowest BCUT2D eigenvalue weighted by atomic mass is 10.3. The van der Waals surface area contributed by atoms with Crippen molar-refractivity contribution in [3.05, 3.63) is 53.4 Å². The second-order valence-corrected chi connectivity index (χ2v) is 7.04. The molecule has 0 bridgehead atoms. The highest BCUT2D eigenvalue weighted by atomic mass is 127. The molecule has 2 heterocycles. The van der Waals surface area contributed by atoms with Gasteiger partial charge < -0.3 is 20.9 Å². The van der Waals surface area contributed by atoms with Gasteiger partial charge >= 0.3 is 0 Å². The number of pyridine rings is 1. The zero-order chi connectivity index (χ0) is 20.6. The molecule has 1 aliphatic heterocycles. The van der Waals surface area contributed by atoms with Gasteiger partial charge in [0.2, 0.25) is 5.91 Å². The van der Waals surface area contributed by atoms with Gasteiger partial charge in [0.15, 0.2) is 5.96 Å². The predicted molar refractivity (Wildman–Crippen MR) is 129 cm³/mol. The Bertz CT molecular complexity index is 867. The number of amides is 1. The van der Waals surface area contributed by atoms with E-state index >= 15 is 0 Å². The van der Waals surface area contributed by atoms with Gasteiger partial charge in [-0.2, -0.15) is 0 Å². The predicted octanol–water partition coefficient (Wildman–Crippen LogP) is 3.26. The van der Waals surface area contributed by atoms with Crippen LogP contribution in [0, 0.1) is 5.82 Å². The van der Waals surface area contributed by atoms with Crippen LogP contribution in [0.2, 0.25) is 5.02 Å². The Morgan fingerprint density at radius 1 is 1.33 bits per heavy atom. The maximum absolute atomic E-state index is 12.9. The Morgan fingerprint density at radius 2 is 2.10 bits per heavy atom. The molecule has 1 fully saturated rings. The Morgan fingerprint density at radius 3 is 2.80 bits per heavy atom. The van der Waals surface area contributed by atoms with E-state index in [9.17, 15) is 9.18 Å². The quantitative estimate of drug-likeness (QED) is 0.294. The number of hydrogen-bond donors (Lipinski definition) is 3. The smallest absolute Gasteiger partial charge is 0.246 e. The first-order valence-corrected chi connectivity index (χ1v) is 9.88. The SMILES string of the molecule is CCNC(=NCC(=O)Nc1ccc(F)cc1)NC1CCN(c2ncccc2Cl)C1.I. The van der Waals surface area contributed by atoms with Gasteiger partial charge in [0.05, 0.1) is 5.02 Å². The van der Waals surface area contributed by atoms with E-state index in [1.54, 1.807) is 6.20 Å². The maximum Gasteiger partial charge on any atom is 0.246 e. The molecule has 0 radical (unpaired) electrons. The number of nitrogens with one attached hydrogen (secondary N) is 3. The molecule has 7 nitrogen and oxygen atoms in total. The zero-order valence-electron chi connectivity index (χ0n) is 16.6. The first-order chi connectivity index (χ1) is 14.0. The van der Waals surface area contributed by atoms with E-state index in [0.29, 0.717) is 23.2 Å².